The van der Waals surface area contributed by atoms with E-state index in [1.54, 1.807) is 30.3 Å². The number of aryl methyl sites for hydroxylation is 2. The molecule has 0 aliphatic carbocycles. The number of halogens is 1. The molecule has 2 heterocycles. The Morgan fingerprint density at radius 3 is 2.62 bits per heavy atom. The number of amides is 1. The van der Waals surface area contributed by atoms with Crippen molar-refractivity contribution in [1.82, 2.24) is 10.3 Å². The van der Waals surface area contributed by atoms with E-state index in [0.717, 1.165) is 33.6 Å². The summed E-state index contributed by atoms with van der Waals surface area (Å²) >= 11 is 11.8. The van der Waals surface area contributed by atoms with Gasteiger partial charge in [0.15, 0.2) is 10.7 Å². The van der Waals surface area contributed by atoms with E-state index in [-0.39, 0.29) is 5.11 Å². The minimum absolute atomic E-state index is 0.136. The molecular formula is C29H22ClN3O3S. The van der Waals surface area contributed by atoms with Crippen LogP contribution < -0.4 is 10.6 Å². The van der Waals surface area contributed by atoms with Crippen LogP contribution in [0.25, 0.3) is 40.0 Å². The second kappa shape index (κ2) is 10.4. The number of carbonyl (C=O) groups is 1. The Kier molecular flexibility index (Phi) is 6.90. The molecule has 0 aliphatic heterocycles. The van der Waals surface area contributed by atoms with Crippen molar-refractivity contribution in [1.29, 1.82) is 0 Å². The quantitative estimate of drug-likeness (QED) is 0.181. The van der Waals surface area contributed by atoms with Crippen LogP contribution in [-0.4, -0.2) is 16.0 Å². The van der Waals surface area contributed by atoms with Crippen molar-refractivity contribution in [2.45, 2.75) is 13.8 Å². The van der Waals surface area contributed by atoms with Gasteiger partial charge in [-0.25, -0.2) is 4.98 Å². The Morgan fingerprint density at radius 1 is 1.00 bits per heavy atom. The molecule has 0 aliphatic rings. The van der Waals surface area contributed by atoms with Gasteiger partial charge in [0.25, 0.3) is 0 Å². The standard InChI is InChI=1S/C29H22ClN3O3S/c1-17-14-18(2)27-24(15-17)32-28(36-27)22-16-20(8-11-23(22)30)31-29(37)33-26(34)13-10-21-9-12-25(35-21)19-6-4-3-5-7-19/h3-16H,1-2H3,(H2,31,33,34,37)/b13-10+. The molecule has 0 atom stereocenters. The average Bonchev–Trinajstić information content (AvgIpc) is 3.52. The van der Waals surface area contributed by atoms with Gasteiger partial charge < -0.3 is 14.2 Å². The number of hydrogen-bond donors (Lipinski definition) is 2. The second-order valence-corrected chi connectivity index (χ2v) is 9.30. The molecule has 0 spiro atoms. The van der Waals surface area contributed by atoms with Crippen LogP contribution in [0.3, 0.4) is 0 Å². The van der Waals surface area contributed by atoms with Crippen LogP contribution in [0.2, 0.25) is 5.02 Å². The molecular weight excluding hydrogens is 506 g/mol. The third-order valence-corrected chi connectivity index (χ3v) is 6.13. The van der Waals surface area contributed by atoms with Gasteiger partial charge in [-0.1, -0.05) is 48.0 Å². The van der Waals surface area contributed by atoms with E-state index in [1.165, 1.54) is 6.08 Å². The van der Waals surface area contributed by atoms with Crippen LogP contribution in [-0.2, 0) is 4.79 Å². The molecule has 3 aromatic carbocycles. The number of nitrogens with zero attached hydrogens (tertiary/aromatic N) is 1. The van der Waals surface area contributed by atoms with Crippen LogP contribution in [0.1, 0.15) is 16.9 Å². The van der Waals surface area contributed by atoms with Crippen molar-refractivity contribution in [2.24, 2.45) is 0 Å². The molecule has 5 rings (SSSR count). The highest BCUT2D eigenvalue weighted by molar-refractivity contribution is 7.80. The van der Waals surface area contributed by atoms with Gasteiger partial charge in [-0.3, -0.25) is 10.1 Å². The fraction of sp³-hybridized carbons (Fsp3) is 0.0690. The molecule has 8 heteroatoms. The summed E-state index contributed by atoms with van der Waals surface area (Å²) in [6.45, 7) is 3.99. The number of furan rings is 1. The highest BCUT2D eigenvalue weighted by Gasteiger charge is 2.15. The van der Waals surface area contributed by atoms with Crippen LogP contribution in [0.5, 0.6) is 0 Å². The Labute approximate surface area is 224 Å². The Morgan fingerprint density at radius 2 is 1.81 bits per heavy atom. The van der Waals surface area contributed by atoms with Gasteiger partial charge in [0.1, 0.15) is 17.0 Å². The summed E-state index contributed by atoms with van der Waals surface area (Å²) in [6, 6.07) is 22.6. The van der Waals surface area contributed by atoms with E-state index in [1.807, 2.05) is 62.4 Å². The molecule has 0 unspecified atom stereocenters. The van der Waals surface area contributed by atoms with E-state index < -0.39 is 5.91 Å². The van der Waals surface area contributed by atoms with Gasteiger partial charge in [-0.15, -0.1) is 0 Å². The summed E-state index contributed by atoms with van der Waals surface area (Å²) in [7, 11) is 0. The van der Waals surface area contributed by atoms with E-state index in [9.17, 15) is 4.79 Å². The second-order valence-electron chi connectivity index (χ2n) is 8.49. The van der Waals surface area contributed by atoms with Crippen LogP contribution in [0.15, 0.2) is 87.7 Å². The molecule has 0 saturated heterocycles. The molecule has 184 valence electrons. The summed E-state index contributed by atoms with van der Waals surface area (Å²) in [6.07, 6.45) is 2.94. The van der Waals surface area contributed by atoms with E-state index in [2.05, 4.69) is 15.6 Å². The number of fused-ring (bicyclic) bond motifs is 1. The summed E-state index contributed by atoms with van der Waals surface area (Å²) in [5, 5.41) is 6.25. The first-order valence-corrected chi connectivity index (χ1v) is 12.3. The van der Waals surface area contributed by atoms with Gasteiger partial charge in [-0.05, 0) is 79.7 Å². The Balaban J connectivity index is 1.25. The van der Waals surface area contributed by atoms with Crippen LogP contribution in [0.4, 0.5) is 5.69 Å². The normalized spacial score (nSPS) is 11.2. The maximum atomic E-state index is 12.4. The molecule has 37 heavy (non-hydrogen) atoms. The molecule has 0 bridgehead atoms. The molecule has 0 radical (unpaired) electrons. The van der Waals surface area contributed by atoms with E-state index >= 15 is 0 Å². The average molecular weight is 528 g/mol. The molecule has 6 nitrogen and oxygen atoms in total. The lowest BCUT2D eigenvalue weighted by molar-refractivity contribution is -0.115. The fourth-order valence-electron chi connectivity index (χ4n) is 3.93. The molecule has 0 fully saturated rings. The number of nitrogens with one attached hydrogen (secondary N) is 2. The highest BCUT2D eigenvalue weighted by Crippen LogP contribution is 2.33. The number of thiocarbonyl (C=S) groups is 1. The molecule has 0 saturated carbocycles. The van der Waals surface area contributed by atoms with Crippen LogP contribution in [0, 0.1) is 13.8 Å². The molecule has 5 aromatic rings. The Hall–Kier alpha value is -4.20. The number of rotatable bonds is 5. The first-order chi connectivity index (χ1) is 17.9. The van der Waals surface area contributed by atoms with Gasteiger partial charge in [0, 0.05) is 17.3 Å². The first kappa shape index (κ1) is 24.5. The number of oxazole rings is 1. The topological polar surface area (TPSA) is 80.3 Å². The largest absolute Gasteiger partial charge is 0.457 e. The summed E-state index contributed by atoms with van der Waals surface area (Å²) < 4.78 is 11.8. The lowest BCUT2D eigenvalue weighted by Crippen LogP contribution is -2.32. The van der Waals surface area contributed by atoms with Gasteiger partial charge in [0.2, 0.25) is 11.8 Å². The van der Waals surface area contributed by atoms with Gasteiger partial charge >= 0.3 is 0 Å². The van der Waals surface area contributed by atoms with Crippen molar-refractivity contribution in [3.8, 4) is 22.8 Å². The van der Waals surface area contributed by atoms with E-state index in [0.29, 0.717) is 27.9 Å². The molecule has 1 amide bonds. The number of aromatic nitrogens is 1. The summed E-state index contributed by atoms with van der Waals surface area (Å²) in [5.41, 5.74) is 5.79. The Bertz CT molecular complexity index is 1650. The van der Waals surface area contributed by atoms with Crippen molar-refractivity contribution in [3.05, 3.63) is 101 Å². The van der Waals surface area contributed by atoms with Crippen molar-refractivity contribution < 1.29 is 13.6 Å². The maximum absolute atomic E-state index is 12.4. The minimum Gasteiger partial charge on any atom is -0.457 e. The van der Waals surface area contributed by atoms with Crippen LogP contribution >= 0.6 is 23.8 Å². The predicted molar refractivity (Wildman–Crippen MR) is 151 cm³/mol. The highest BCUT2D eigenvalue weighted by atomic mass is 35.5. The fourth-order valence-corrected chi connectivity index (χ4v) is 4.35. The lowest BCUT2D eigenvalue weighted by Gasteiger charge is -2.10. The zero-order valence-electron chi connectivity index (χ0n) is 20.0. The third kappa shape index (κ3) is 5.63. The number of benzene rings is 3. The van der Waals surface area contributed by atoms with Gasteiger partial charge in [-0.2, -0.15) is 0 Å². The zero-order valence-corrected chi connectivity index (χ0v) is 21.6. The summed E-state index contributed by atoms with van der Waals surface area (Å²) in [5.74, 6) is 1.29. The number of anilines is 1. The van der Waals surface area contributed by atoms with Gasteiger partial charge in [0.05, 0.1) is 10.6 Å². The lowest BCUT2D eigenvalue weighted by atomic mass is 10.1. The number of hydrogen-bond acceptors (Lipinski definition) is 5. The summed E-state index contributed by atoms with van der Waals surface area (Å²) in [4.78, 5) is 17.0. The monoisotopic (exact) mass is 527 g/mol. The molecule has 2 aromatic heterocycles. The zero-order chi connectivity index (χ0) is 25.9. The minimum atomic E-state index is -0.394. The molecule has 2 N–H and O–H groups in total. The smallest absolute Gasteiger partial charge is 0.250 e. The van der Waals surface area contributed by atoms with Crippen molar-refractivity contribution in [2.75, 3.05) is 5.32 Å². The first-order valence-electron chi connectivity index (χ1n) is 11.5. The van der Waals surface area contributed by atoms with E-state index in [4.69, 9.17) is 32.7 Å². The predicted octanol–water partition coefficient (Wildman–Crippen LogP) is 7.55. The van der Waals surface area contributed by atoms with Crippen molar-refractivity contribution >= 4 is 57.7 Å². The third-order valence-electron chi connectivity index (χ3n) is 5.60. The SMILES string of the molecule is Cc1cc(C)c2oc(-c3cc(NC(=S)NC(=O)/C=C/c4ccc(-c5ccccc5)o4)ccc3Cl)nc2c1. The maximum Gasteiger partial charge on any atom is 0.250 e. The van der Waals surface area contributed by atoms with Crippen molar-refractivity contribution in [3.63, 3.8) is 0 Å². The number of carbonyl (C=O) groups excluding carboxylic acids is 1.